The molecule has 0 heterocycles. The van der Waals surface area contributed by atoms with E-state index in [-0.39, 0.29) is 17.7 Å². The number of benzene rings is 1. The van der Waals surface area contributed by atoms with E-state index in [1.165, 1.54) is 13.0 Å². The topological polar surface area (TPSA) is 59.3 Å². The van der Waals surface area contributed by atoms with E-state index in [1.807, 2.05) is 0 Å². The number of ether oxygens (including phenoxy) is 2. The van der Waals surface area contributed by atoms with Crippen molar-refractivity contribution in [1.82, 2.24) is 0 Å². The molecule has 1 rings (SSSR count). The first-order valence-corrected chi connectivity index (χ1v) is 7.01. The monoisotopic (exact) mass is 373 g/mol. The number of esters is 1. The Kier molecular flexibility index (Phi) is 6.36. The fourth-order valence-electron chi connectivity index (χ4n) is 1.63. The molecule has 0 saturated carbocycles. The number of nitriles is 1. The van der Waals surface area contributed by atoms with Crippen molar-refractivity contribution in [2.75, 3.05) is 6.61 Å². The van der Waals surface area contributed by atoms with Crippen molar-refractivity contribution < 1.29 is 40.6 Å². The molecule has 0 fully saturated rings. The maximum atomic E-state index is 12.5. The van der Waals surface area contributed by atoms with Gasteiger partial charge in [-0.1, -0.05) is 0 Å². The molecule has 1 aromatic rings. The standard InChI is InChI=1S/C13H9F6NO3S/c1-2-22-11(21)5-7-3-9(23-12(14,15)16)10(4-8(7)6-20)24-13(17,18)19/h3-4H,2,5H2,1H3. The minimum absolute atomic E-state index is 0.00532. The second-order valence-corrected chi connectivity index (χ2v) is 5.25. The second-order valence-electron chi connectivity index (χ2n) is 4.15. The number of thioether (sulfide) groups is 1. The van der Waals surface area contributed by atoms with E-state index >= 15 is 0 Å². The second kappa shape index (κ2) is 7.65. The van der Waals surface area contributed by atoms with E-state index in [9.17, 15) is 31.1 Å². The van der Waals surface area contributed by atoms with Crippen molar-refractivity contribution in [3.63, 3.8) is 0 Å². The Morgan fingerprint density at radius 2 is 1.88 bits per heavy atom. The van der Waals surface area contributed by atoms with Gasteiger partial charge in [0, 0.05) is 0 Å². The highest BCUT2D eigenvalue weighted by Crippen LogP contribution is 2.44. The molecule has 0 unspecified atom stereocenters. The van der Waals surface area contributed by atoms with Gasteiger partial charge in [-0.3, -0.25) is 4.79 Å². The van der Waals surface area contributed by atoms with Crippen LogP contribution in [0.3, 0.4) is 0 Å². The van der Waals surface area contributed by atoms with E-state index in [1.54, 1.807) is 0 Å². The van der Waals surface area contributed by atoms with Gasteiger partial charge in [0.1, 0.15) is 5.75 Å². The molecule has 1 aromatic carbocycles. The van der Waals surface area contributed by atoms with Crippen molar-refractivity contribution >= 4 is 17.7 Å². The Morgan fingerprint density at radius 3 is 2.33 bits per heavy atom. The fraction of sp³-hybridized carbons (Fsp3) is 0.385. The summed E-state index contributed by atoms with van der Waals surface area (Å²) in [5.74, 6) is -1.99. The predicted octanol–water partition coefficient (Wildman–Crippen LogP) is 4.17. The van der Waals surface area contributed by atoms with Crippen LogP contribution in [0.2, 0.25) is 0 Å². The molecule has 0 N–H and O–H groups in total. The lowest BCUT2D eigenvalue weighted by Crippen LogP contribution is -2.18. The minimum Gasteiger partial charge on any atom is -0.466 e. The molecule has 0 aliphatic rings. The molecular formula is C13H9F6NO3S. The summed E-state index contributed by atoms with van der Waals surface area (Å²) >= 11 is -0.857. The van der Waals surface area contributed by atoms with Gasteiger partial charge in [-0.05, 0) is 36.4 Å². The first-order valence-electron chi connectivity index (χ1n) is 6.19. The zero-order chi connectivity index (χ0) is 18.5. The Labute approximate surface area is 136 Å². The molecule has 0 aliphatic heterocycles. The summed E-state index contributed by atoms with van der Waals surface area (Å²) in [6.45, 7) is 1.49. The third kappa shape index (κ3) is 6.57. The highest BCUT2D eigenvalue weighted by Gasteiger charge is 2.36. The zero-order valence-corrected chi connectivity index (χ0v) is 12.7. The van der Waals surface area contributed by atoms with Gasteiger partial charge in [0.25, 0.3) is 0 Å². The third-order valence-corrected chi connectivity index (χ3v) is 3.15. The van der Waals surface area contributed by atoms with E-state index in [2.05, 4.69) is 9.47 Å². The molecule has 132 valence electrons. The fourth-order valence-corrected chi connectivity index (χ4v) is 2.26. The number of hydrogen-bond donors (Lipinski definition) is 0. The molecule has 0 atom stereocenters. The van der Waals surface area contributed by atoms with Gasteiger partial charge in [-0.2, -0.15) is 18.4 Å². The number of carbonyl (C=O) groups is 1. The summed E-state index contributed by atoms with van der Waals surface area (Å²) < 4.78 is 82.7. The van der Waals surface area contributed by atoms with Gasteiger partial charge in [0.2, 0.25) is 0 Å². The van der Waals surface area contributed by atoms with E-state index < -0.39 is 46.7 Å². The highest BCUT2D eigenvalue weighted by molar-refractivity contribution is 8.00. The van der Waals surface area contributed by atoms with Gasteiger partial charge >= 0.3 is 17.8 Å². The summed E-state index contributed by atoms with van der Waals surface area (Å²) in [4.78, 5) is 10.5. The number of alkyl halides is 6. The van der Waals surface area contributed by atoms with Crippen LogP contribution in [-0.4, -0.2) is 24.4 Å². The first kappa shape index (κ1) is 20.0. The summed E-state index contributed by atoms with van der Waals surface area (Å²) in [7, 11) is 0. The van der Waals surface area contributed by atoms with Crippen LogP contribution in [0, 0.1) is 11.3 Å². The molecule has 0 bridgehead atoms. The predicted molar refractivity (Wildman–Crippen MR) is 70.1 cm³/mol. The van der Waals surface area contributed by atoms with Crippen molar-refractivity contribution in [3.05, 3.63) is 23.3 Å². The Bertz CT molecular complexity index is 651. The first-order chi connectivity index (χ1) is 10.9. The molecular weight excluding hydrogens is 364 g/mol. The van der Waals surface area contributed by atoms with Crippen LogP contribution in [-0.2, 0) is 16.0 Å². The molecule has 4 nitrogen and oxygen atoms in total. The molecule has 0 radical (unpaired) electrons. The highest BCUT2D eigenvalue weighted by atomic mass is 32.2. The molecule has 11 heteroatoms. The van der Waals surface area contributed by atoms with Gasteiger partial charge in [-0.15, -0.1) is 13.2 Å². The van der Waals surface area contributed by atoms with Crippen molar-refractivity contribution in [3.8, 4) is 11.8 Å². The van der Waals surface area contributed by atoms with Crippen LogP contribution < -0.4 is 4.74 Å². The largest absolute Gasteiger partial charge is 0.573 e. The van der Waals surface area contributed by atoms with E-state index in [4.69, 9.17) is 5.26 Å². The van der Waals surface area contributed by atoms with Gasteiger partial charge in [-0.25, -0.2) is 0 Å². The van der Waals surface area contributed by atoms with Crippen LogP contribution in [0.1, 0.15) is 18.1 Å². The Balaban J connectivity index is 3.34. The number of rotatable bonds is 5. The summed E-state index contributed by atoms with van der Waals surface area (Å²) in [6.07, 6.45) is -5.82. The number of carbonyl (C=O) groups excluding carboxylic acids is 1. The summed E-state index contributed by atoms with van der Waals surface area (Å²) in [6, 6.07) is 2.71. The van der Waals surface area contributed by atoms with Crippen LogP contribution in [0.5, 0.6) is 5.75 Å². The van der Waals surface area contributed by atoms with E-state index in [0.717, 1.165) is 0 Å². The molecule has 0 aliphatic carbocycles. The maximum Gasteiger partial charge on any atom is 0.573 e. The van der Waals surface area contributed by atoms with Gasteiger partial charge in [0.05, 0.1) is 29.6 Å². The van der Waals surface area contributed by atoms with Crippen LogP contribution in [0.15, 0.2) is 17.0 Å². The quantitative estimate of drug-likeness (QED) is 0.440. The maximum absolute atomic E-state index is 12.5. The number of halogens is 6. The molecule has 0 saturated heterocycles. The van der Waals surface area contributed by atoms with Crippen molar-refractivity contribution in [2.45, 2.75) is 30.1 Å². The lowest BCUT2D eigenvalue weighted by molar-refractivity contribution is -0.275. The lowest BCUT2D eigenvalue weighted by Gasteiger charge is -2.16. The summed E-state index contributed by atoms with van der Waals surface area (Å²) in [5, 5.41) is 8.95. The minimum atomic E-state index is -5.24. The van der Waals surface area contributed by atoms with E-state index in [0.29, 0.717) is 12.1 Å². The smallest absolute Gasteiger partial charge is 0.466 e. The van der Waals surface area contributed by atoms with Crippen molar-refractivity contribution in [2.24, 2.45) is 0 Å². The molecule has 0 amide bonds. The zero-order valence-electron chi connectivity index (χ0n) is 11.9. The molecule has 0 aromatic heterocycles. The van der Waals surface area contributed by atoms with Crippen LogP contribution in [0.25, 0.3) is 0 Å². The van der Waals surface area contributed by atoms with Gasteiger partial charge in [0.15, 0.2) is 0 Å². The Hall–Kier alpha value is -2.09. The SMILES string of the molecule is CCOC(=O)Cc1cc(OC(F)(F)F)c(SC(F)(F)F)cc1C#N. The number of nitrogens with zero attached hydrogens (tertiary/aromatic N) is 1. The van der Waals surface area contributed by atoms with Crippen LogP contribution in [0.4, 0.5) is 26.3 Å². The average Bonchev–Trinajstić information content (AvgIpc) is 2.38. The Morgan fingerprint density at radius 1 is 1.25 bits per heavy atom. The third-order valence-electron chi connectivity index (χ3n) is 2.38. The van der Waals surface area contributed by atoms with Crippen molar-refractivity contribution in [1.29, 1.82) is 5.26 Å². The summed E-state index contributed by atoms with van der Waals surface area (Å²) in [5.41, 5.74) is -5.51. The number of hydrogen-bond acceptors (Lipinski definition) is 5. The van der Waals surface area contributed by atoms with Crippen LogP contribution >= 0.6 is 11.8 Å². The van der Waals surface area contributed by atoms with Gasteiger partial charge < -0.3 is 9.47 Å². The average molecular weight is 373 g/mol. The normalized spacial score (nSPS) is 11.8. The molecule has 0 spiro atoms. The molecule has 24 heavy (non-hydrogen) atoms. The lowest BCUT2D eigenvalue weighted by atomic mass is 10.1.